The van der Waals surface area contributed by atoms with Crippen LogP contribution < -0.4 is 5.32 Å². The molecular formula is C12H13BrFN3O. The molecule has 0 aliphatic rings. The molecule has 4 nitrogen and oxygen atoms in total. The highest BCUT2D eigenvalue weighted by Crippen LogP contribution is 2.23. The lowest BCUT2D eigenvalue weighted by Gasteiger charge is -1.97. The quantitative estimate of drug-likeness (QED) is 0.862. The van der Waals surface area contributed by atoms with Gasteiger partial charge in [-0.15, -0.1) is 0 Å². The molecule has 96 valence electrons. The van der Waals surface area contributed by atoms with E-state index in [-0.39, 0.29) is 5.82 Å². The van der Waals surface area contributed by atoms with Crippen molar-refractivity contribution in [3.8, 4) is 11.4 Å². The Kier molecular flexibility index (Phi) is 4.43. The molecule has 1 N–H and O–H groups in total. The third kappa shape index (κ3) is 3.14. The van der Waals surface area contributed by atoms with Crippen LogP contribution >= 0.6 is 15.9 Å². The van der Waals surface area contributed by atoms with Crippen LogP contribution in [0.2, 0.25) is 0 Å². The van der Waals surface area contributed by atoms with Crippen LogP contribution in [0, 0.1) is 5.82 Å². The summed E-state index contributed by atoms with van der Waals surface area (Å²) in [6, 6.07) is 4.63. The lowest BCUT2D eigenvalue weighted by Crippen LogP contribution is -2.16. The summed E-state index contributed by atoms with van der Waals surface area (Å²) in [6.07, 6.45) is 0.684. The van der Waals surface area contributed by atoms with Crippen LogP contribution in [-0.4, -0.2) is 23.2 Å². The van der Waals surface area contributed by atoms with E-state index in [0.717, 1.165) is 18.7 Å². The second-order valence-corrected chi connectivity index (χ2v) is 4.60. The van der Waals surface area contributed by atoms with Crippen molar-refractivity contribution < 1.29 is 8.91 Å². The molecule has 0 atom stereocenters. The first-order valence-corrected chi connectivity index (χ1v) is 6.48. The fourth-order valence-electron chi connectivity index (χ4n) is 1.48. The van der Waals surface area contributed by atoms with Gasteiger partial charge in [0.05, 0.1) is 4.47 Å². The van der Waals surface area contributed by atoms with Crippen molar-refractivity contribution in [2.45, 2.75) is 13.3 Å². The van der Waals surface area contributed by atoms with Gasteiger partial charge in [0, 0.05) is 18.5 Å². The van der Waals surface area contributed by atoms with E-state index in [1.54, 1.807) is 12.1 Å². The first-order valence-electron chi connectivity index (χ1n) is 5.69. The number of aromatic nitrogens is 2. The zero-order valence-corrected chi connectivity index (χ0v) is 11.5. The summed E-state index contributed by atoms with van der Waals surface area (Å²) >= 11 is 3.13. The van der Waals surface area contributed by atoms with Gasteiger partial charge >= 0.3 is 0 Å². The predicted molar refractivity (Wildman–Crippen MR) is 69.6 cm³/mol. The Morgan fingerprint density at radius 3 is 3.00 bits per heavy atom. The monoisotopic (exact) mass is 313 g/mol. The molecule has 0 spiro atoms. The third-order valence-corrected chi connectivity index (χ3v) is 3.02. The number of hydrogen-bond acceptors (Lipinski definition) is 4. The van der Waals surface area contributed by atoms with Crippen molar-refractivity contribution in [3.05, 3.63) is 34.4 Å². The normalized spacial score (nSPS) is 10.8. The topological polar surface area (TPSA) is 51.0 Å². The fraction of sp³-hybridized carbons (Fsp3) is 0.333. The van der Waals surface area contributed by atoms with Crippen molar-refractivity contribution in [1.82, 2.24) is 15.5 Å². The highest BCUT2D eigenvalue weighted by atomic mass is 79.9. The van der Waals surface area contributed by atoms with Gasteiger partial charge in [-0.05, 0) is 40.7 Å². The smallest absolute Gasteiger partial charge is 0.228 e. The van der Waals surface area contributed by atoms with Gasteiger partial charge in [0.15, 0.2) is 0 Å². The van der Waals surface area contributed by atoms with Gasteiger partial charge in [0.25, 0.3) is 0 Å². The minimum atomic E-state index is -0.311. The molecule has 1 heterocycles. The zero-order valence-electron chi connectivity index (χ0n) is 9.91. The van der Waals surface area contributed by atoms with E-state index in [9.17, 15) is 4.39 Å². The van der Waals surface area contributed by atoms with Gasteiger partial charge < -0.3 is 9.84 Å². The van der Waals surface area contributed by atoms with Gasteiger partial charge in [-0.1, -0.05) is 12.1 Å². The van der Waals surface area contributed by atoms with Crippen LogP contribution in [0.25, 0.3) is 11.4 Å². The highest BCUT2D eigenvalue weighted by molar-refractivity contribution is 9.10. The summed E-state index contributed by atoms with van der Waals surface area (Å²) in [5, 5.41) is 7.06. The van der Waals surface area contributed by atoms with E-state index in [1.807, 2.05) is 6.92 Å². The average molecular weight is 314 g/mol. The van der Waals surface area contributed by atoms with Gasteiger partial charge in [0.1, 0.15) is 5.82 Å². The number of rotatable bonds is 5. The predicted octanol–water partition coefficient (Wildman–Crippen LogP) is 2.79. The van der Waals surface area contributed by atoms with E-state index in [4.69, 9.17) is 4.52 Å². The van der Waals surface area contributed by atoms with E-state index in [1.165, 1.54) is 6.07 Å². The molecule has 0 aliphatic heterocycles. The molecule has 0 saturated carbocycles. The van der Waals surface area contributed by atoms with Gasteiger partial charge in [-0.3, -0.25) is 0 Å². The number of nitrogens with zero attached hydrogens (tertiary/aromatic N) is 2. The summed E-state index contributed by atoms with van der Waals surface area (Å²) in [7, 11) is 0. The summed E-state index contributed by atoms with van der Waals surface area (Å²) in [4.78, 5) is 4.26. The summed E-state index contributed by atoms with van der Waals surface area (Å²) in [5.74, 6) is 0.739. The SMILES string of the molecule is CCNCCc1nc(-c2ccc(F)c(Br)c2)no1. The molecule has 2 rings (SSSR count). The lowest BCUT2D eigenvalue weighted by molar-refractivity contribution is 0.377. The van der Waals surface area contributed by atoms with Crippen molar-refractivity contribution in [3.63, 3.8) is 0 Å². The summed E-state index contributed by atoms with van der Waals surface area (Å²) < 4.78 is 18.6. The van der Waals surface area contributed by atoms with Crippen LogP contribution in [0.4, 0.5) is 4.39 Å². The number of likely N-dealkylation sites (N-methyl/N-ethyl adjacent to an activating group) is 1. The molecule has 0 unspecified atom stereocenters. The minimum Gasteiger partial charge on any atom is -0.339 e. The Balaban J connectivity index is 2.11. The Morgan fingerprint density at radius 2 is 2.28 bits per heavy atom. The maximum atomic E-state index is 13.1. The molecular weight excluding hydrogens is 301 g/mol. The standard InChI is InChI=1S/C12H13BrFN3O/c1-2-15-6-5-11-16-12(17-18-11)8-3-4-10(14)9(13)7-8/h3-4,7,15H,2,5-6H2,1H3. The lowest BCUT2D eigenvalue weighted by atomic mass is 10.2. The average Bonchev–Trinajstić information content (AvgIpc) is 2.82. The van der Waals surface area contributed by atoms with Gasteiger partial charge in [0.2, 0.25) is 11.7 Å². The molecule has 18 heavy (non-hydrogen) atoms. The molecule has 1 aromatic carbocycles. The first-order chi connectivity index (χ1) is 8.70. The van der Waals surface area contributed by atoms with E-state index in [2.05, 4.69) is 31.4 Å². The first kappa shape index (κ1) is 13.2. The van der Waals surface area contributed by atoms with E-state index < -0.39 is 0 Å². The van der Waals surface area contributed by atoms with Crippen LogP contribution in [-0.2, 0) is 6.42 Å². The van der Waals surface area contributed by atoms with Crippen LogP contribution in [0.15, 0.2) is 27.2 Å². The largest absolute Gasteiger partial charge is 0.339 e. The van der Waals surface area contributed by atoms with Crippen molar-refractivity contribution in [2.75, 3.05) is 13.1 Å². The maximum Gasteiger partial charge on any atom is 0.228 e. The molecule has 0 bridgehead atoms. The van der Waals surface area contributed by atoms with Gasteiger partial charge in [-0.25, -0.2) is 4.39 Å². The summed E-state index contributed by atoms with van der Waals surface area (Å²) in [6.45, 7) is 3.74. The third-order valence-electron chi connectivity index (χ3n) is 2.41. The number of nitrogens with one attached hydrogen (secondary N) is 1. The maximum absolute atomic E-state index is 13.1. The Morgan fingerprint density at radius 1 is 1.44 bits per heavy atom. The molecule has 1 aromatic heterocycles. The molecule has 0 aliphatic carbocycles. The van der Waals surface area contributed by atoms with Crippen LogP contribution in [0.3, 0.4) is 0 Å². The van der Waals surface area contributed by atoms with Crippen LogP contribution in [0.1, 0.15) is 12.8 Å². The molecule has 2 aromatic rings. The van der Waals surface area contributed by atoms with Crippen molar-refractivity contribution >= 4 is 15.9 Å². The Hall–Kier alpha value is -1.27. The molecule has 0 fully saturated rings. The second-order valence-electron chi connectivity index (χ2n) is 3.74. The Labute approximate surface area is 113 Å². The highest BCUT2D eigenvalue weighted by Gasteiger charge is 2.10. The van der Waals surface area contributed by atoms with Gasteiger partial charge in [-0.2, -0.15) is 4.98 Å². The van der Waals surface area contributed by atoms with Crippen LogP contribution in [0.5, 0.6) is 0 Å². The molecule has 6 heteroatoms. The van der Waals surface area contributed by atoms with E-state index in [0.29, 0.717) is 22.6 Å². The number of benzene rings is 1. The zero-order chi connectivity index (χ0) is 13.0. The number of halogens is 2. The number of hydrogen-bond donors (Lipinski definition) is 1. The second kappa shape index (κ2) is 6.06. The summed E-state index contributed by atoms with van der Waals surface area (Å²) in [5.41, 5.74) is 0.724. The van der Waals surface area contributed by atoms with Crippen molar-refractivity contribution in [1.29, 1.82) is 0 Å². The Bertz CT molecular complexity index is 530. The molecule has 0 radical (unpaired) electrons. The molecule has 0 amide bonds. The fourth-order valence-corrected chi connectivity index (χ4v) is 1.86. The molecule has 0 saturated heterocycles. The van der Waals surface area contributed by atoms with Crippen molar-refractivity contribution in [2.24, 2.45) is 0 Å². The van der Waals surface area contributed by atoms with E-state index >= 15 is 0 Å². The minimum absolute atomic E-state index is 0.311.